The summed E-state index contributed by atoms with van der Waals surface area (Å²) in [7, 11) is 0. The van der Waals surface area contributed by atoms with Gasteiger partial charge in [-0.25, -0.2) is 0 Å². The van der Waals surface area contributed by atoms with Gasteiger partial charge in [-0.05, 0) is 36.5 Å². The summed E-state index contributed by atoms with van der Waals surface area (Å²) in [6, 6.07) is 12.1. The first kappa shape index (κ1) is 11.5. The van der Waals surface area contributed by atoms with Crippen molar-refractivity contribution in [3.63, 3.8) is 0 Å². The fraction of sp³-hybridized carbons (Fsp3) is 0.267. The Morgan fingerprint density at radius 2 is 2.06 bits per heavy atom. The number of thiophene rings is 1. The second-order valence-electron chi connectivity index (χ2n) is 4.58. The molecule has 3 heteroatoms. The standard InChI is InChI=1S/C15H15NOS/c17-15(16-10-11-5-2-1-3-6-11)14-9-12-7-4-8-13(12)18-14/h1-3,5-6,9H,4,7-8,10H2,(H,16,17). The van der Waals surface area contributed by atoms with Crippen molar-refractivity contribution in [2.45, 2.75) is 25.8 Å². The van der Waals surface area contributed by atoms with Crippen molar-refractivity contribution < 1.29 is 4.79 Å². The van der Waals surface area contributed by atoms with Gasteiger partial charge < -0.3 is 5.32 Å². The molecule has 2 aromatic rings. The van der Waals surface area contributed by atoms with E-state index in [0.29, 0.717) is 6.54 Å². The molecule has 0 fully saturated rings. The van der Waals surface area contributed by atoms with Crippen LogP contribution in [0.1, 0.15) is 32.1 Å². The van der Waals surface area contributed by atoms with Crippen molar-refractivity contribution in [3.05, 3.63) is 57.3 Å². The van der Waals surface area contributed by atoms with Gasteiger partial charge >= 0.3 is 0 Å². The molecule has 0 saturated carbocycles. The number of nitrogens with one attached hydrogen (secondary N) is 1. The Kier molecular flexibility index (Phi) is 3.15. The van der Waals surface area contributed by atoms with E-state index in [0.717, 1.165) is 23.3 Å². The average Bonchev–Trinajstić information content (AvgIpc) is 2.98. The maximum atomic E-state index is 12.0. The highest BCUT2D eigenvalue weighted by Crippen LogP contribution is 2.30. The van der Waals surface area contributed by atoms with Gasteiger partial charge in [0.1, 0.15) is 0 Å². The van der Waals surface area contributed by atoms with E-state index in [1.165, 1.54) is 16.9 Å². The summed E-state index contributed by atoms with van der Waals surface area (Å²) < 4.78 is 0. The zero-order valence-electron chi connectivity index (χ0n) is 10.1. The Balaban J connectivity index is 1.64. The third-order valence-corrected chi connectivity index (χ3v) is 4.50. The van der Waals surface area contributed by atoms with Gasteiger partial charge in [-0.3, -0.25) is 4.79 Å². The molecule has 1 aliphatic carbocycles. The molecule has 0 bridgehead atoms. The second kappa shape index (κ2) is 4.94. The van der Waals surface area contributed by atoms with E-state index in [1.54, 1.807) is 11.3 Å². The van der Waals surface area contributed by atoms with Crippen LogP contribution in [0.25, 0.3) is 0 Å². The number of hydrogen-bond acceptors (Lipinski definition) is 2. The van der Waals surface area contributed by atoms with Crippen molar-refractivity contribution >= 4 is 17.2 Å². The molecule has 2 nitrogen and oxygen atoms in total. The highest BCUT2D eigenvalue weighted by molar-refractivity contribution is 7.14. The van der Waals surface area contributed by atoms with Crippen LogP contribution in [-0.2, 0) is 19.4 Å². The van der Waals surface area contributed by atoms with Crippen LogP contribution in [0.5, 0.6) is 0 Å². The van der Waals surface area contributed by atoms with Crippen molar-refractivity contribution in [3.8, 4) is 0 Å². The van der Waals surface area contributed by atoms with Crippen molar-refractivity contribution in [1.82, 2.24) is 5.32 Å². The monoisotopic (exact) mass is 257 g/mol. The summed E-state index contributed by atoms with van der Waals surface area (Å²) in [6.45, 7) is 0.599. The minimum absolute atomic E-state index is 0.0539. The number of aryl methyl sites for hydroxylation is 2. The minimum atomic E-state index is 0.0539. The molecule has 0 radical (unpaired) electrons. The number of amides is 1. The molecule has 1 amide bonds. The first-order valence-corrected chi connectivity index (χ1v) is 7.08. The van der Waals surface area contributed by atoms with Crippen LogP contribution in [0.3, 0.4) is 0 Å². The quantitative estimate of drug-likeness (QED) is 0.899. The van der Waals surface area contributed by atoms with E-state index in [4.69, 9.17) is 0 Å². The van der Waals surface area contributed by atoms with Gasteiger partial charge in [0.15, 0.2) is 0 Å². The molecule has 1 aromatic heterocycles. The van der Waals surface area contributed by atoms with E-state index < -0.39 is 0 Å². The van der Waals surface area contributed by atoms with Crippen LogP contribution in [0.2, 0.25) is 0 Å². The number of rotatable bonds is 3. The van der Waals surface area contributed by atoms with E-state index in [9.17, 15) is 4.79 Å². The lowest BCUT2D eigenvalue weighted by molar-refractivity contribution is 0.0955. The Hall–Kier alpha value is -1.61. The van der Waals surface area contributed by atoms with Gasteiger partial charge in [0.05, 0.1) is 4.88 Å². The van der Waals surface area contributed by atoms with Crippen LogP contribution < -0.4 is 5.32 Å². The molecule has 3 rings (SSSR count). The van der Waals surface area contributed by atoms with E-state index in [-0.39, 0.29) is 5.91 Å². The van der Waals surface area contributed by atoms with Crippen LogP contribution in [0.4, 0.5) is 0 Å². The summed E-state index contributed by atoms with van der Waals surface area (Å²) in [5, 5.41) is 2.98. The number of benzene rings is 1. The summed E-state index contributed by atoms with van der Waals surface area (Å²) in [4.78, 5) is 14.3. The van der Waals surface area contributed by atoms with Gasteiger partial charge in [-0.15, -0.1) is 11.3 Å². The van der Waals surface area contributed by atoms with Crippen LogP contribution in [0.15, 0.2) is 36.4 Å². The minimum Gasteiger partial charge on any atom is -0.347 e. The summed E-state index contributed by atoms with van der Waals surface area (Å²) in [5.74, 6) is 0.0539. The van der Waals surface area contributed by atoms with Crippen LogP contribution >= 0.6 is 11.3 Å². The smallest absolute Gasteiger partial charge is 0.261 e. The van der Waals surface area contributed by atoms with Gasteiger partial charge in [0.2, 0.25) is 0 Å². The Morgan fingerprint density at radius 3 is 2.83 bits per heavy atom. The molecule has 92 valence electrons. The third-order valence-electron chi connectivity index (χ3n) is 3.27. The van der Waals surface area contributed by atoms with E-state index in [1.807, 2.05) is 30.3 Å². The molecule has 1 N–H and O–H groups in total. The molecule has 0 saturated heterocycles. The summed E-state index contributed by atoms with van der Waals surface area (Å²) in [5.41, 5.74) is 2.51. The number of fused-ring (bicyclic) bond motifs is 1. The predicted molar refractivity (Wildman–Crippen MR) is 74.0 cm³/mol. The number of carbonyl (C=O) groups excluding carboxylic acids is 1. The lowest BCUT2D eigenvalue weighted by Gasteiger charge is -2.03. The lowest BCUT2D eigenvalue weighted by atomic mass is 10.2. The topological polar surface area (TPSA) is 29.1 Å². The van der Waals surface area contributed by atoms with E-state index in [2.05, 4.69) is 11.4 Å². The van der Waals surface area contributed by atoms with Crippen molar-refractivity contribution in [2.75, 3.05) is 0 Å². The molecule has 0 unspecified atom stereocenters. The molecule has 18 heavy (non-hydrogen) atoms. The maximum Gasteiger partial charge on any atom is 0.261 e. The highest BCUT2D eigenvalue weighted by Gasteiger charge is 2.18. The molecular weight excluding hydrogens is 242 g/mol. The molecule has 1 aromatic carbocycles. The number of carbonyl (C=O) groups is 1. The van der Waals surface area contributed by atoms with E-state index >= 15 is 0 Å². The first-order chi connectivity index (χ1) is 8.83. The van der Waals surface area contributed by atoms with Crippen LogP contribution in [-0.4, -0.2) is 5.91 Å². The Morgan fingerprint density at radius 1 is 1.22 bits per heavy atom. The Labute approximate surface area is 111 Å². The molecule has 1 heterocycles. The molecule has 0 spiro atoms. The highest BCUT2D eigenvalue weighted by atomic mass is 32.1. The normalized spacial score (nSPS) is 13.3. The van der Waals surface area contributed by atoms with Crippen LogP contribution in [0, 0.1) is 0 Å². The number of hydrogen-bond donors (Lipinski definition) is 1. The molecular formula is C15H15NOS. The maximum absolute atomic E-state index is 12.0. The fourth-order valence-corrected chi connectivity index (χ4v) is 3.48. The Bertz CT molecular complexity index is 538. The van der Waals surface area contributed by atoms with Gasteiger partial charge in [0, 0.05) is 11.4 Å². The fourth-order valence-electron chi connectivity index (χ4n) is 2.31. The zero-order chi connectivity index (χ0) is 12.4. The third kappa shape index (κ3) is 2.31. The SMILES string of the molecule is O=C(NCc1ccccc1)c1cc2c(s1)CCC2. The van der Waals surface area contributed by atoms with Gasteiger partial charge in [-0.2, -0.15) is 0 Å². The van der Waals surface area contributed by atoms with Crippen molar-refractivity contribution in [1.29, 1.82) is 0 Å². The molecule has 0 aliphatic heterocycles. The molecule has 0 atom stereocenters. The lowest BCUT2D eigenvalue weighted by Crippen LogP contribution is -2.21. The first-order valence-electron chi connectivity index (χ1n) is 6.26. The van der Waals surface area contributed by atoms with Crippen molar-refractivity contribution in [2.24, 2.45) is 0 Å². The molecule has 1 aliphatic rings. The summed E-state index contributed by atoms with van der Waals surface area (Å²) in [6.07, 6.45) is 3.52. The predicted octanol–water partition coefficient (Wildman–Crippen LogP) is 3.17. The zero-order valence-corrected chi connectivity index (χ0v) is 10.9. The average molecular weight is 257 g/mol. The van der Waals surface area contributed by atoms with Gasteiger partial charge in [0.25, 0.3) is 5.91 Å². The largest absolute Gasteiger partial charge is 0.347 e. The second-order valence-corrected chi connectivity index (χ2v) is 5.72. The summed E-state index contributed by atoms with van der Waals surface area (Å²) >= 11 is 1.65. The van der Waals surface area contributed by atoms with Gasteiger partial charge in [-0.1, -0.05) is 30.3 Å².